The molecule has 2 aliphatic rings. The fourth-order valence-electron chi connectivity index (χ4n) is 3.79. The van der Waals surface area contributed by atoms with Crippen LogP contribution >= 0.6 is 11.8 Å². The van der Waals surface area contributed by atoms with Crippen molar-refractivity contribution in [3.8, 4) is 0 Å². The minimum atomic E-state index is -0.273. The quantitative estimate of drug-likeness (QED) is 0.850. The number of aryl methyl sites for hydroxylation is 1. The summed E-state index contributed by atoms with van der Waals surface area (Å²) in [6.07, 6.45) is 5.11. The van der Waals surface area contributed by atoms with E-state index in [0.717, 1.165) is 29.9 Å². The zero-order valence-corrected chi connectivity index (χ0v) is 15.7. The Morgan fingerprint density at radius 2 is 2.20 bits per heavy atom. The topological polar surface area (TPSA) is 77.6 Å². The summed E-state index contributed by atoms with van der Waals surface area (Å²) in [7, 11) is 0. The third-order valence-electron chi connectivity index (χ3n) is 4.82. The van der Waals surface area contributed by atoms with Gasteiger partial charge in [0.05, 0.1) is 5.69 Å². The van der Waals surface area contributed by atoms with E-state index in [1.54, 1.807) is 6.20 Å². The van der Waals surface area contributed by atoms with Gasteiger partial charge in [-0.25, -0.2) is 4.68 Å². The third-order valence-corrected chi connectivity index (χ3v) is 5.36. The maximum Gasteiger partial charge on any atom is 0.227 e. The van der Waals surface area contributed by atoms with E-state index >= 15 is 0 Å². The fraction of sp³-hybridized carbons (Fsp3) is 0.529. The number of fused-ring (bicyclic) bond motifs is 1. The molecule has 8 heteroatoms. The van der Waals surface area contributed by atoms with E-state index in [2.05, 4.69) is 34.3 Å². The molecule has 4 rings (SSSR count). The first-order valence-corrected chi connectivity index (χ1v) is 9.71. The average molecular weight is 358 g/mol. The number of rotatable bonds is 3. The summed E-state index contributed by atoms with van der Waals surface area (Å²) in [6, 6.07) is 1.70. The van der Waals surface area contributed by atoms with E-state index in [0.29, 0.717) is 17.5 Å². The minimum Gasteiger partial charge on any atom is -0.328 e. The summed E-state index contributed by atoms with van der Waals surface area (Å²) in [5, 5.41) is 13.1. The molecule has 1 aliphatic heterocycles. The summed E-state index contributed by atoms with van der Waals surface area (Å²) >= 11 is 1.50. The second kappa shape index (κ2) is 5.72. The van der Waals surface area contributed by atoms with Gasteiger partial charge in [0, 0.05) is 30.4 Å². The Balaban J connectivity index is 1.92. The van der Waals surface area contributed by atoms with Crippen molar-refractivity contribution in [3.63, 3.8) is 0 Å². The maximum atomic E-state index is 13.0. The highest BCUT2D eigenvalue weighted by Crippen LogP contribution is 2.45. The number of hydrogen-bond donors (Lipinski definition) is 1. The number of aromatic nitrogens is 5. The highest BCUT2D eigenvalue weighted by Gasteiger charge is 2.42. The zero-order chi connectivity index (χ0) is 17.8. The van der Waals surface area contributed by atoms with Crippen molar-refractivity contribution in [2.24, 2.45) is 5.41 Å². The van der Waals surface area contributed by atoms with Gasteiger partial charge >= 0.3 is 0 Å². The van der Waals surface area contributed by atoms with Gasteiger partial charge in [0.1, 0.15) is 6.04 Å². The lowest BCUT2D eigenvalue weighted by atomic mass is 9.73. The number of nitrogens with one attached hydrogen (secondary N) is 1. The SMILES string of the molecule is CCn1nccc1[C@H]1C2=C(CC(C)(C)CC2=O)Nc2nc(SC)nn21. The lowest BCUT2D eigenvalue weighted by Crippen LogP contribution is -2.37. The van der Waals surface area contributed by atoms with Crippen LogP contribution in [-0.4, -0.2) is 36.6 Å². The second-order valence-corrected chi connectivity index (χ2v) is 8.07. The molecular weight excluding hydrogens is 336 g/mol. The highest BCUT2D eigenvalue weighted by atomic mass is 32.2. The zero-order valence-electron chi connectivity index (χ0n) is 14.9. The van der Waals surface area contributed by atoms with E-state index in [1.165, 1.54) is 11.8 Å². The molecule has 0 spiro atoms. The number of nitrogens with zero attached hydrogens (tertiary/aromatic N) is 5. The number of allylic oxidation sites excluding steroid dienone is 2. The minimum absolute atomic E-state index is 0.0526. The van der Waals surface area contributed by atoms with Crippen molar-refractivity contribution in [1.82, 2.24) is 24.5 Å². The second-order valence-electron chi connectivity index (χ2n) is 7.30. The van der Waals surface area contributed by atoms with E-state index in [4.69, 9.17) is 0 Å². The first-order chi connectivity index (χ1) is 11.9. The van der Waals surface area contributed by atoms with Gasteiger partial charge in [-0.05, 0) is 31.1 Å². The van der Waals surface area contributed by atoms with Crippen LogP contribution in [0.3, 0.4) is 0 Å². The molecule has 3 heterocycles. The largest absolute Gasteiger partial charge is 0.328 e. The van der Waals surface area contributed by atoms with Crippen LogP contribution in [0.4, 0.5) is 5.95 Å². The molecule has 1 aliphatic carbocycles. The number of anilines is 1. The number of thioether (sulfide) groups is 1. The van der Waals surface area contributed by atoms with Crippen molar-refractivity contribution in [2.75, 3.05) is 11.6 Å². The normalized spacial score (nSPS) is 21.8. The van der Waals surface area contributed by atoms with Crippen LogP contribution in [-0.2, 0) is 11.3 Å². The number of carbonyl (C=O) groups excluding carboxylic acids is 1. The molecule has 2 aromatic rings. The summed E-state index contributed by atoms with van der Waals surface area (Å²) in [6.45, 7) is 7.06. The molecule has 0 radical (unpaired) electrons. The van der Waals surface area contributed by atoms with Gasteiger partial charge in [-0.15, -0.1) is 5.10 Å². The first kappa shape index (κ1) is 16.4. The Labute approximate surface area is 150 Å². The molecule has 132 valence electrons. The molecule has 0 aromatic carbocycles. The van der Waals surface area contributed by atoms with Crippen LogP contribution < -0.4 is 5.32 Å². The molecule has 2 aromatic heterocycles. The van der Waals surface area contributed by atoms with E-state index < -0.39 is 0 Å². The predicted octanol–water partition coefficient (Wildman–Crippen LogP) is 2.87. The molecule has 0 saturated carbocycles. The van der Waals surface area contributed by atoms with Crippen LogP contribution in [0.15, 0.2) is 28.7 Å². The van der Waals surface area contributed by atoms with Gasteiger partial charge in [-0.2, -0.15) is 10.1 Å². The monoisotopic (exact) mass is 358 g/mol. The number of ketones is 1. The van der Waals surface area contributed by atoms with Crippen molar-refractivity contribution < 1.29 is 4.79 Å². The summed E-state index contributed by atoms with van der Waals surface area (Å²) in [4.78, 5) is 17.6. The third kappa shape index (κ3) is 2.59. The molecule has 0 fully saturated rings. The summed E-state index contributed by atoms with van der Waals surface area (Å²) < 4.78 is 3.77. The predicted molar refractivity (Wildman–Crippen MR) is 96.5 cm³/mol. The Bertz CT molecular complexity index is 878. The van der Waals surface area contributed by atoms with Crippen molar-refractivity contribution >= 4 is 23.5 Å². The lowest BCUT2D eigenvalue weighted by molar-refractivity contribution is -0.118. The van der Waals surface area contributed by atoms with Gasteiger partial charge in [0.2, 0.25) is 11.1 Å². The maximum absolute atomic E-state index is 13.0. The Morgan fingerprint density at radius 3 is 2.92 bits per heavy atom. The van der Waals surface area contributed by atoms with Crippen LogP contribution in [0, 0.1) is 5.41 Å². The standard InChI is InChI=1S/C17H22N6OS/c1-5-22-11(6-7-18-22)14-13-10(8-17(2,3)9-12(13)24)19-15-20-16(25-4)21-23(14)15/h6-7,14H,5,8-9H2,1-4H3,(H,19,20,21)/t14-/m0/s1. The fourth-order valence-corrected chi connectivity index (χ4v) is 4.14. The van der Waals surface area contributed by atoms with Crippen molar-refractivity contribution in [1.29, 1.82) is 0 Å². The molecular formula is C17H22N6OS. The highest BCUT2D eigenvalue weighted by molar-refractivity contribution is 7.98. The van der Waals surface area contributed by atoms with Crippen LogP contribution in [0.5, 0.6) is 0 Å². The van der Waals surface area contributed by atoms with Gasteiger partial charge in [-0.3, -0.25) is 9.48 Å². The Kier molecular flexibility index (Phi) is 3.75. The van der Waals surface area contributed by atoms with Gasteiger partial charge in [0.15, 0.2) is 5.78 Å². The molecule has 0 saturated heterocycles. The van der Waals surface area contributed by atoms with E-state index in [1.807, 2.05) is 28.6 Å². The number of carbonyl (C=O) groups is 1. The van der Waals surface area contributed by atoms with Gasteiger partial charge in [-0.1, -0.05) is 25.6 Å². The van der Waals surface area contributed by atoms with Crippen LogP contribution in [0.25, 0.3) is 0 Å². The smallest absolute Gasteiger partial charge is 0.227 e. The molecule has 25 heavy (non-hydrogen) atoms. The lowest BCUT2D eigenvalue weighted by Gasteiger charge is -2.38. The molecule has 0 unspecified atom stereocenters. The van der Waals surface area contributed by atoms with E-state index in [9.17, 15) is 4.79 Å². The number of hydrogen-bond acceptors (Lipinski definition) is 6. The first-order valence-electron chi connectivity index (χ1n) is 8.49. The molecule has 0 bridgehead atoms. The average Bonchev–Trinajstić information content (AvgIpc) is 3.17. The van der Waals surface area contributed by atoms with Gasteiger partial charge in [0.25, 0.3) is 0 Å². The van der Waals surface area contributed by atoms with Crippen LogP contribution in [0.1, 0.15) is 45.3 Å². The van der Waals surface area contributed by atoms with E-state index in [-0.39, 0.29) is 17.2 Å². The summed E-state index contributed by atoms with van der Waals surface area (Å²) in [5.74, 6) is 0.877. The summed E-state index contributed by atoms with van der Waals surface area (Å²) in [5.41, 5.74) is 2.70. The van der Waals surface area contributed by atoms with Crippen molar-refractivity contribution in [3.05, 3.63) is 29.2 Å². The Morgan fingerprint density at radius 1 is 1.40 bits per heavy atom. The van der Waals surface area contributed by atoms with Crippen LogP contribution in [0.2, 0.25) is 0 Å². The number of Topliss-reactive ketones (excluding diaryl/α,β-unsaturated/α-hetero) is 1. The van der Waals surface area contributed by atoms with Gasteiger partial charge < -0.3 is 5.32 Å². The molecule has 1 atom stereocenters. The molecule has 1 N–H and O–H groups in total. The molecule has 0 amide bonds. The Hall–Kier alpha value is -2.09. The van der Waals surface area contributed by atoms with Crippen molar-refractivity contribution in [2.45, 2.75) is 51.4 Å². The molecule has 7 nitrogen and oxygen atoms in total.